The SMILES string of the molecule is CCCCSc1nnc2c(n1)O[C@H](c1cc([N+](=O)[O-])ccc1OCC)N(C(C)=O)c1ccccc1-2. The summed E-state index contributed by atoms with van der Waals surface area (Å²) in [7, 11) is 0. The van der Waals surface area contributed by atoms with E-state index in [1.165, 1.54) is 41.8 Å². The predicted molar refractivity (Wildman–Crippen MR) is 132 cm³/mol. The van der Waals surface area contributed by atoms with Crippen molar-refractivity contribution in [2.24, 2.45) is 0 Å². The summed E-state index contributed by atoms with van der Waals surface area (Å²) in [6, 6.07) is 11.4. The summed E-state index contributed by atoms with van der Waals surface area (Å²) in [6.45, 7) is 5.65. The van der Waals surface area contributed by atoms with Crippen LogP contribution in [0.2, 0.25) is 0 Å². The third kappa shape index (κ3) is 5.04. The summed E-state index contributed by atoms with van der Waals surface area (Å²) in [6.07, 6.45) is 0.959. The van der Waals surface area contributed by atoms with Crippen molar-refractivity contribution in [3.8, 4) is 22.9 Å². The highest BCUT2D eigenvalue weighted by atomic mass is 32.2. The molecule has 1 aromatic heterocycles. The van der Waals surface area contributed by atoms with Gasteiger partial charge in [0.25, 0.3) is 5.69 Å². The fourth-order valence-corrected chi connectivity index (χ4v) is 4.61. The predicted octanol–water partition coefficient (Wildman–Crippen LogP) is 5.18. The van der Waals surface area contributed by atoms with E-state index in [9.17, 15) is 14.9 Å². The fraction of sp³-hybridized carbons (Fsp3) is 0.333. The van der Waals surface area contributed by atoms with Gasteiger partial charge in [-0.25, -0.2) is 0 Å². The van der Waals surface area contributed by atoms with Crippen LogP contribution in [0, 0.1) is 10.1 Å². The first kappa shape index (κ1) is 24.4. The molecule has 2 heterocycles. The Bertz CT molecular complexity index is 1250. The molecule has 0 saturated carbocycles. The van der Waals surface area contributed by atoms with Crippen molar-refractivity contribution in [3.63, 3.8) is 0 Å². The Morgan fingerprint density at radius 2 is 2.03 bits per heavy atom. The van der Waals surface area contributed by atoms with E-state index in [1.54, 1.807) is 12.1 Å². The number of nitrogens with zero attached hydrogens (tertiary/aromatic N) is 5. The Kier molecular flexibility index (Phi) is 7.45. The van der Waals surface area contributed by atoms with Crippen LogP contribution in [0.4, 0.5) is 11.4 Å². The topological polar surface area (TPSA) is 121 Å². The highest BCUT2D eigenvalue weighted by Crippen LogP contribution is 2.45. The molecule has 10 nitrogen and oxygen atoms in total. The monoisotopic (exact) mass is 495 g/mol. The molecule has 182 valence electrons. The molecule has 35 heavy (non-hydrogen) atoms. The Morgan fingerprint density at radius 3 is 2.74 bits per heavy atom. The number of fused-ring (bicyclic) bond motifs is 3. The zero-order valence-electron chi connectivity index (χ0n) is 19.6. The van der Waals surface area contributed by atoms with Crippen LogP contribution in [-0.4, -0.2) is 38.4 Å². The van der Waals surface area contributed by atoms with Gasteiger partial charge in [-0.1, -0.05) is 43.3 Å². The number of hydrogen-bond acceptors (Lipinski definition) is 9. The summed E-state index contributed by atoms with van der Waals surface area (Å²) < 4.78 is 12.1. The molecule has 0 N–H and O–H groups in total. The first-order valence-electron chi connectivity index (χ1n) is 11.3. The number of carbonyl (C=O) groups excluding carboxylic acids is 1. The van der Waals surface area contributed by atoms with E-state index >= 15 is 0 Å². The number of benzene rings is 2. The van der Waals surface area contributed by atoms with E-state index < -0.39 is 11.2 Å². The first-order valence-corrected chi connectivity index (χ1v) is 12.3. The van der Waals surface area contributed by atoms with Gasteiger partial charge in [-0.3, -0.25) is 19.8 Å². The van der Waals surface area contributed by atoms with Gasteiger partial charge in [0.15, 0.2) is 5.69 Å². The van der Waals surface area contributed by atoms with Crippen LogP contribution in [-0.2, 0) is 4.79 Å². The highest BCUT2D eigenvalue weighted by molar-refractivity contribution is 7.99. The van der Waals surface area contributed by atoms with E-state index in [4.69, 9.17) is 9.47 Å². The minimum absolute atomic E-state index is 0.148. The minimum Gasteiger partial charge on any atom is -0.493 e. The van der Waals surface area contributed by atoms with Gasteiger partial charge in [-0.2, -0.15) is 4.98 Å². The van der Waals surface area contributed by atoms with Gasteiger partial charge < -0.3 is 9.47 Å². The number of carbonyl (C=O) groups is 1. The zero-order chi connectivity index (χ0) is 24.9. The van der Waals surface area contributed by atoms with Crippen molar-refractivity contribution in [2.75, 3.05) is 17.3 Å². The number of aromatic nitrogens is 3. The minimum atomic E-state index is -1.08. The number of ether oxygens (including phenoxy) is 2. The van der Waals surface area contributed by atoms with Gasteiger partial charge in [0.05, 0.1) is 22.8 Å². The van der Waals surface area contributed by atoms with Crippen molar-refractivity contribution in [3.05, 3.63) is 58.1 Å². The Hall–Kier alpha value is -3.73. The molecule has 0 aliphatic carbocycles. The molecule has 0 fully saturated rings. The molecule has 0 saturated heterocycles. The van der Waals surface area contributed by atoms with E-state index in [2.05, 4.69) is 22.1 Å². The second kappa shape index (κ2) is 10.7. The third-order valence-corrected chi connectivity index (χ3v) is 6.27. The molecule has 0 spiro atoms. The van der Waals surface area contributed by atoms with Crippen molar-refractivity contribution >= 4 is 29.0 Å². The lowest BCUT2D eigenvalue weighted by molar-refractivity contribution is -0.385. The molecular weight excluding hydrogens is 470 g/mol. The average Bonchev–Trinajstić information content (AvgIpc) is 2.99. The van der Waals surface area contributed by atoms with E-state index in [-0.39, 0.29) is 17.5 Å². The van der Waals surface area contributed by atoms with Crippen LogP contribution in [0.25, 0.3) is 11.3 Å². The van der Waals surface area contributed by atoms with Crippen LogP contribution in [0.3, 0.4) is 0 Å². The Balaban J connectivity index is 1.92. The maximum absolute atomic E-state index is 13.0. The number of nitro benzene ring substituents is 1. The standard InChI is InChI=1S/C24H25N5O5S/c1-4-6-13-35-24-25-22-21(26-27-24)17-9-7-8-10-19(17)28(15(3)30)23(34-22)18-14-16(29(31)32)11-12-20(18)33-5-2/h7-12,14,23H,4-6,13H2,1-3H3/t23-/m1/s1. The quantitative estimate of drug-likeness (QED) is 0.180. The lowest BCUT2D eigenvalue weighted by atomic mass is 10.1. The lowest BCUT2D eigenvalue weighted by Crippen LogP contribution is -2.36. The van der Waals surface area contributed by atoms with Gasteiger partial charge in [0, 0.05) is 30.4 Å². The summed E-state index contributed by atoms with van der Waals surface area (Å²) in [5.74, 6) is 1.06. The second-order valence-corrected chi connectivity index (χ2v) is 8.80. The van der Waals surface area contributed by atoms with Crippen molar-refractivity contribution in [2.45, 2.75) is 45.0 Å². The summed E-state index contributed by atoms with van der Waals surface area (Å²) in [4.78, 5) is 30.1. The molecule has 0 unspecified atom stereocenters. The lowest BCUT2D eigenvalue weighted by Gasteiger charge is -2.30. The van der Waals surface area contributed by atoms with Crippen LogP contribution in [0.1, 0.15) is 45.4 Å². The summed E-state index contributed by atoms with van der Waals surface area (Å²) >= 11 is 1.47. The number of nitro groups is 1. The van der Waals surface area contributed by atoms with Crippen LogP contribution in [0.15, 0.2) is 47.6 Å². The van der Waals surface area contributed by atoms with Gasteiger partial charge in [-0.15, -0.1) is 10.2 Å². The number of unbranched alkanes of at least 4 members (excludes halogenated alkanes) is 1. The average molecular weight is 496 g/mol. The number of thioether (sulfide) groups is 1. The molecule has 1 aliphatic rings. The summed E-state index contributed by atoms with van der Waals surface area (Å²) in [5, 5.41) is 20.7. The molecule has 4 rings (SSSR count). The smallest absolute Gasteiger partial charge is 0.270 e. The van der Waals surface area contributed by atoms with Crippen LogP contribution < -0.4 is 14.4 Å². The van der Waals surface area contributed by atoms with Gasteiger partial charge in [0.1, 0.15) is 5.75 Å². The number of amides is 1. The molecule has 11 heteroatoms. The van der Waals surface area contributed by atoms with E-state index in [1.807, 2.05) is 19.1 Å². The van der Waals surface area contributed by atoms with Gasteiger partial charge in [-0.05, 0) is 25.5 Å². The fourth-order valence-electron chi connectivity index (χ4n) is 3.75. The van der Waals surface area contributed by atoms with E-state index in [0.29, 0.717) is 40.0 Å². The first-order chi connectivity index (χ1) is 16.9. The molecule has 2 aromatic carbocycles. The summed E-state index contributed by atoms with van der Waals surface area (Å²) in [5.41, 5.74) is 1.72. The van der Waals surface area contributed by atoms with Crippen molar-refractivity contribution in [1.29, 1.82) is 0 Å². The van der Waals surface area contributed by atoms with Gasteiger partial charge >= 0.3 is 0 Å². The number of hydrogen-bond donors (Lipinski definition) is 0. The normalized spacial score (nSPS) is 14.4. The third-order valence-electron chi connectivity index (χ3n) is 5.35. The number of anilines is 1. The molecule has 1 amide bonds. The highest BCUT2D eigenvalue weighted by Gasteiger charge is 2.37. The van der Waals surface area contributed by atoms with Crippen molar-refractivity contribution < 1.29 is 19.2 Å². The van der Waals surface area contributed by atoms with E-state index in [0.717, 1.165) is 18.6 Å². The maximum Gasteiger partial charge on any atom is 0.270 e. The molecule has 1 aliphatic heterocycles. The number of rotatable bonds is 8. The van der Waals surface area contributed by atoms with Crippen LogP contribution >= 0.6 is 11.8 Å². The Labute approximate surface area is 206 Å². The number of non-ortho nitro benzene ring substituents is 1. The van der Waals surface area contributed by atoms with Crippen LogP contribution in [0.5, 0.6) is 11.6 Å². The molecule has 0 bridgehead atoms. The largest absolute Gasteiger partial charge is 0.493 e. The number of para-hydroxylation sites is 1. The molecule has 1 atom stereocenters. The molecule has 0 radical (unpaired) electrons. The Morgan fingerprint density at radius 1 is 1.23 bits per heavy atom. The van der Waals surface area contributed by atoms with Crippen molar-refractivity contribution in [1.82, 2.24) is 15.2 Å². The second-order valence-electron chi connectivity index (χ2n) is 7.74. The maximum atomic E-state index is 13.0. The zero-order valence-corrected chi connectivity index (χ0v) is 20.4. The van der Waals surface area contributed by atoms with Gasteiger partial charge in [0.2, 0.25) is 23.2 Å². The molecule has 3 aromatic rings. The molecular formula is C24H25N5O5S.